The van der Waals surface area contributed by atoms with Gasteiger partial charge in [0.05, 0.1) is 6.04 Å². The van der Waals surface area contributed by atoms with Gasteiger partial charge in [-0.05, 0) is 33.4 Å². The van der Waals surface area contributed by atoms with Crippen LogP contribution < -0.4 is 11.5 Å². The highest BCUT2D eigenvalue weighted by Crippen LogP contribution is 2.41. The van der Waals surface area contributed by atoms with Crippen LogP contribution in [-0.4, -0.2) is 11.0 Å². The van der Waals surface area contributed by atoms with Gasteiger partial charge in [0.15, 0.2) is 0 Å². The molecule has 2 atom stereocenters. The second kappa shape index (κ2) is 7.16. The van der Waals surface area contributed by atoms with Gasteiger partial charge in [-0.25, -0.2) is 0 Å². The third kappa shape index (κ3) is 3.24. The zero-order valence-corrected chi connectivity index (χ0v) is 15.6. The first-order chi connectivity index (χ1) is 13.1. The SMILES string of the molecule is NC1C=CC=C(c2ccccc2-c2ccccc2-c2ccccc2)C1(N)Cl. The predicted molar refractivity (Wildman–Crippen MR) is 115 cm³/mol. The van der Waals surface area contributed by atoms with Crippen LogP contribution in [0.4, 0.5) is 0 Å². The largest absolute Gasteiger partial charge is 0.322 e. The molecule has 0 aliphatic heterocycles. The van der Waals surface area contributed by atoms with E-state index in [9.17, 15) is 0 Å². The van der Waals surface area contributed by atoms with Crippen molar-refractivity contribution in [3.63, 3.8) is 0 Å². The molecule has 4 N–H and O–H groups in total. The van der Waals surface area contributed by atoms with Crippen LogP contribution in [-0.2, 0) is 0 Å². The number of hydrogen-bond acceptors (Lipinski definition) is 2. The summed E-state index contributed by atoms with van der Waals surface area (Å²) in [6.45, 7) is 0. The van der Waals surface area contributed by atoms with Gasteiger partial charge >= 0.3 is 0 Å². The van der Waals surface area contributed by atoms with Gasteiger partial charge in [-0.3, -0.25) is 0 Å². The quantitative estimate of drug-likeness (QED) is 0.490. The molecule has 3 aromatic carbocycles. The Labute approximate surface area is 164 Å². The minimum atomic E-state index is -1.15. The van der Waals surface area contributed by atoms with Crippen LogP contribution in [0, 0.1) is 0 Å². The molecule has 0 aromatic heterocycles. The van der Waals surface area contributed by atoms with E-state index >= 15 is 0 Å². The Balaban J connectivity index is 1.92. The molecule has 3 aromatic rings. The molecule has 134 valence electrons. The Hall–Kier alpha value is -2.65. The van der Waals surface area contributed by atoms with Crippen molar-refractivity contribution in [2.75, 3.05) is 0 Å². The van der Waals surface area contributed by atoms with Crippen molar-refractivity contribution in [2.24, 2.45) is 11.5 Å². The van der Waals surface area contributed by atoms with Crippen LogP contribution in [0.2, 0.25) is 0 Å². The third-order valence-corrected chi connectivity index (χ3v) is 5.45. The molecule has 0 radical (unpaired) electrons. The molecule has 1 aliphatic carbocycles. The molecular formula is C24H21ClN2. The van der Waals surface area contributed by atoms with Crippen LogP contribution in [0.3, 0.4) is 0 Å². The van der Waals surface area contributed by atoms with Crippen LogP contribution in [0.15, 0.2) is 97.1 Å². The molecule has 27 heavy (non-hydrogen) atoms. The van der Waals surface area contributed by atoms with Crippen molar-refractivity contribution in [1.29, 1.82) is 0 Å². The summed E-state index contributed by atoms with van der Waals surface area (Å²) in [4.78, 5) is -1.15. The Morgan fingerprint density at radius 2 is 1.22 bits per heavy atom. The monoisotopic (exact) mass is 372 g/mol. The lowest BCUT2D eigenvalue weighted by molar-refractivity contribution is 0.651. The molecule has 4 rings (SSSR count). The summed E-state index contributed by atoms with van der Waals surface area (Å²) >= 11 is 6.67. The highest BCUT2D eigenvalue weighted by molar-refractivity contribution is 6.31. The minimum absolute atomic E-state index is 0.448. The summed E-state index contributed by atoms with van der Waals surface area (Å²) in [5.41, 5.74) is 19.0. The summed E-state index contributed by atoms with van der Waals surface area (Å²) in [5.74, 6) is 0. The first-order valence-corrected chi connectivity index (χ1v) is 9.33. The average molecular weight is 373 g/mol. The molecular weight excluding hydrogens is 352 g/mol. The topological polar surface area (TPSA) is 52.0 Å². The molecule has 0 amide bonds. The Bertz CT molecular complexity index is 1020. The number of halogens is 1. The van der Waals surface area contributed by atoms with Crippen LogP contribution in [0.5, 0.6) is 0 Å². The zero-order chi connectivity index (χ0) is 18.9. The number of allylic oxidation sites excluding steroid dienone is 2. The fourth-order valence-electron chi connectivity index (χ4n) is 3.56. The Morgan fingerprint density at radius 3 is 1.89 bits per heavy atom. The molecule has 3 heteroatoms. The van der Waals surface area contributed by atoms with Gasteiger partial charge in [0, 0.05) is 0 Å². The lowest BCUT2D eigenvalue weighted by Crippen LogP contribution is -2.51. The number of benzene rings is 3. The number of nitrogens with two attached hydrogens (primary N) is 2. The Kier molecular flexibility index (Phi) is 4.71. The predicted octanol–water partition coefficient (Wildman–Crippen LogP) is 5.19. The Morgan fingerprint density at radius 1 is 0.704 bits per heavy atom. The van der Waals surface area contributed by atoms with Gasteiger partial charge in [-0.2, -0.15) is 0 Å². The normalized spacial score (nSPS) is 21.7. The minimum Gasteiger partial charge on any atom is -0.322 e. The van der Waals surface area contributed by atoms with Crippen molar-refractivity contribution < 1.29 is 0 Å². The lowest BCUT2D eigenvalue weighted by atomic mass is 9.84. The van der Waals surface area contributed by atoms with Crippen molar-refractivity contribution in [3.05, 3.63) is 103 Å². The van der Waals surface area contributed by atoms with E-state index in [0.717, 1.165) is 22.3 Å². The van der Waals surface area contributed by atoms with Crippen LogP contribution in [0.25, 0.3) is 27.8 Å². The first kappa shape index (κ1) is 17.7. The molecule has 0 saturated heterocycles. The molecule has 0 bridgehead atoms. The highest BCUT2D eigenvalue weighted by atomic mass is 35.5. The number of rotatable bonds is 3. The van der Waals surface area contributed by atoms with Crippen molar-refractivity contribution >= 4 is 17.2 Å². The summed E-state index contributed by atoms with van der Waals surface area (Å²) in [5, 5.41) is 0. The van der Waals surface area contributed by atoms with E-state index in [1.54, 1.807) is 0 Å². The fourth-order valence-corrected chi connectivity index (χ4v) is 3.79. The van der Waals surface area contributed by atoms with Gasteiger partial charge in [0.25, 0.3) is 0 Å². The summed E-state index contributed by atoms with van der Waals surface area (Å²) in [6, 6.07) is 26.5. The van der Waals surface area contributed by atoms with Gasteiger partial charge in [0.1, 0.15) is 5.00 Å². The standard InChI is InChI=1S/C24H21ClN2/c25-24(27)22(15-8-16-23(24)26)21-14-7-6-13-20(21)19-12-5-4-11-18(19)17-9-2-1-3-10-17/h1-16,23H,26-27H2. The van der Waals surface area contributed by atoms with Crippen molar-refractivity contribution in [2.45, 2.75) is 11.0 Å². The maximum atomic E-state index is 6.67. The third-order valence-electron chi connectivity index (χ3n) is 5.00. The van der Waals surface area contributed by atoms with Gasteiger partial charge in [-0.15, -0.1) is 0 Å². The molecule has 2 unspecified atom stereocenters. The molecule has 0 fully saturated rings. The van der Waals surface area contributed by atoms with E-state index in [4.69, 9.17) is 23.1 Å². The lowest BCUT2D eigenvalue weighted by Gasteiger charge is -2.33. The molecule has 0 spiro atoms. The van der Waals surface area contributed by atoms with E-state index in [2.05, 4.69) is 60.7 Å². The highest BCUT2D eigenvalue weighted by Gasteiger charge is 2.36. The summed E-state index contributed by atoms with van der Waals surface area (Å²) < 4.78 is 0. The fraction of sp³-hybridized carbons (Fsp3) is 0.0833. The second-order valence-electron chi connectivity index (χ2n) is 6.72. The maximum absolute atomic E-state index is 6.67. The summed E-state index contributed by atoms with van der Waals surface area (Å²) in [6.07, 6.45) is 5.71. The molecule has 0 saturated carbocycles. The van der Waals surface area contributed by atoms with Gasteiger partial charge in [0.2, 0.25) is 0 Å². The van der Waals surface area contributed by atoms with Gasteiger partial charge in [-0.1, -0.05) is 109 Å². The average Bonchev–Trinajstić information content (AvgIpc) is 2.71. The zero-order valence-electron chi connectivity index (χ0n) is 14.8. The summed E-state index contributed by atoms with van der Waals surface area (Å²) in [7, 11) is 0. The number of alkyl halides is 1. The van der Waals surface area contributed by atoms with E-state index in [-0.39, 0.29) is 0 Å². The van der Waals surface area contributed by atoms with Gasteiger partial charge < -0.3 is 11.5 Å². The van der Waals surface area contributed by atoms with Crippen LogP contribution >= 0.6 is 11.6 Å². The van der Waals surface area contributed by atoms with E-state index < -0.39 is 11.0 Å². The first-order valence-electron chi connectivity index (χ1n) is 8.95. The smallest absolute Gasteiger partial charge is 0.136 e. The van der Waals surface area contributed by atoms with Crippen LogP contribution in [0.1, 0.15) is 5.56 Å². The van der Waals surface area contributed by atoms with E-state index in [0.29, 0.717) is 0 Å². The molecule has 2 nitrogen and oxygen atoms in total. The molecule has 1 aliphatic rings. The molecule has 0 heterocycles. The van der Waals surface area contributed by atoms with Crippen molar-refractivity contribution in [1.82, 2.24) is 0 Å². The van der Waals surface area contributed by atoms with Crippen molar-refractivity contribution in [3.8, 4) is 22.3 Å². The number of hydrogen-bond donors (Lipinski definition) is 2. The van der Waals surface area contributed by atoms with E-state index in [1.807, 2.05) is 36.4 Å². The maximum Gasteiger partial charge on any atom is 0.136 e. The van der Waals surface area contributed by atoms with E-state index in [1.165, 1.54) is 11.1 Å². The second-order valence-corrected chi connectivity index (χ2v) is 7.34.